The molecule has 1 aliphatic carbocycles. The molecule has 1 saturated heterocycles. The Balaban J connectivity index is 1.90. The van der Waals surface area contributed by atoms with E-state index >= 15 is 0 Å². The molecule has 0 unspecified atom stereocenters. The molecule has 6 nitrogen and oxygen atoms in total. The average molecular weight is 270 g/mol. The summed E-state index contributed by atoms with van der Waals surface area (Å²) >= 11 is 0. The summed E-state index contributed by atoms with van der Waals surface area (Å²) in [5, 5.41) is 21.5. The summed E-state index contributed by atoms with van der Waals surface area (Å²) in [7, 11) is 0. The normalized spacial score (nSPS) is 35.2. The Morgan fingerprint density at radius 3 is 2.42 bits per heavy atom. The Labute approximate surface area is 112 Å². The van der Waals surface area contributed by atoms with Gasteiger partial charge in [0, 0.05) is 19.0 Å². The van der Waals surface area contributed by atoms with Crippen LogP contribution in [-0.4, -0.2) is 51.8 Å². The summed E-state index contributed by atoms with van der Waals surface area (Å²) in [5.41, 5.74) is 0. The van der Waals surface area contributed by atoms with E-state index in [-0.39, 0.29) is 25.0 Å². The van der Waals surface area contributed by atoms with Gasteiger partial charge >= 0.3 is 12.0 Å². The third kappa shape index (κ3) is 3.37. The molecule has 0 bridgehead atoms. The number of aliphatic carboxylic acids is 1. The first-order chi connectivity index (χ1) is 8.97. The number of hydrogen-bond acceptors (Lipinski definition) is 3. The van der Waals surface area contributed by atoms with Crippen molar-refractivity contribution in [3.63, 3.8) is 0 Å². The van der Waals surface area contributed by atoms with E-state index < -0.39 is 18.1 Å². The number of β-amino-alcohol motifs (C(OH)–C–C–N with tert-alkyl or cyclic N) is 1. The average Bonchev–Trinajstić information content (AvgIpc) is 2.74. The minimum absolute atomic E-state index is 0.103. The van der Waals surface area contributed by atoms with Gasteiger partial charge in [0.15, 0.2) is 0 Å². The molecule has 2 rings (SSSR count). The number of carbonyl (C=O) groups is 2. The first kappa shape index (κ1) is 14.1. The Morgan fingerprint density at radius 2 is 1.84 bits per heavy atom. The molecular weight excluding hydrogens is 248 g/mol. The predicted octanol–water partition coefficient (Wildman–Crippen LogP) is 0.794. The Hall–Kier alpha value is -1.30. The van der Waals surface area contributed by atoms with Crippen molar-refractivity contribution in [3.05, 3.63) is 0 Å². The van der Waals surface area contributed by atoms with Crippen molar-refractivity contribution in [1.29, 1.82) is 0 Å². The summed E-state index contributed by atoms with van der Waals surface area (Å²) in [6.45, 7) is 2.31. The lowest BCUT2D eigenvalue weighted by Gasteiger charge is -2.30. The zero-order valence-electron chi connectivity index (χ0n) is 11.2. The predicted molar refractivity (Wildman–Crippen MR) is 68.7 cm³/mol. The molecule has 2 amide bonds. The van der Waals surface area contributed by atoms with Gasteiger partial charge in [-0.1, -0.05) is 6.92 Å². The highest BCUT2D eigenvalue weighted by Crippen LogP contribution is 2.24. The fourth-order valence-electron chi connectivity index (χ4n) is 2.93. The van der Waals surface area contributed by atoms with E-state index in [1.54, 1.807) is 0 Å². The molecular formula is C13H22N2O4. The molecule has 0 radical (unpaired) electrons. The maximum atomic E-state index is 12.1. The van der Waals surface area contributed by atoms with Gasteiger partial charge in [-0.15, -0.1) is 0 Å². The second-order valence-electron chi connectivity index (χ2n) is 5.80. The number of carbonyl (C=O) groups excluding carboxylic acids is 1. The van der Waals surface area contributed by atoms with Crippen molar-refractivity contribution in [2.24, 2.45) is 5.92 Å². The third-order valence-corrected chi connectivity index (χ3v) is 4.17. The number of aliphatic hydroxyl groups excluding tert-OH is 1. The smallest absolute Gasteiger partial charge is 0.326 e. The van der Waals surface area contributed by atoms with Gasteiger partial charge in [-0.3, -0.25) is 0 Å². The van der Waals surface area contributed by atoms with Crippen LogP contribution in [0.15, 0.2) is 0 Å². The highest BCUT2D eigenvalue weighted by atomic mass is 16.4. The molecule has 19 heavy (non-hydrogen) atoms. The van der Waals surface area contributed by atoms with Gasteiger partial charge in [0.25, 0.3) is 0 Å². The molecule has 108 valence electrons. The van der Waals surface area contributed by atoms with Crippen molar-refractivity contribution in [2.45, 2.75) is 57.2 Å². The Kier molecular flexibility index (Phi) is 4.29. The van der Waals surface area contributed by atoms with Crippen LogP contribution in [0, 0.1) is 5.92 Å². The fourth-order valence-corrected chi connectivity index (χ4v) is 2.93. The number of urea groups is 1. The molecule has 1 aliphatic heterocycles. The third-order valence-electron chi connectivity index (χ3n) is 4.17. The van der Waals surface area contributed by atoms with E-state index in [2.05, 4.69) is 12.2 Å². The summed E-state index contributed by atoms with van der Waals surface area (Å²) < 4.78 is 0. The largest absolute Gasteiger partial charge is 0.480 e. The van der Waals surface area contributed by atoms with Gasteiger partial charge in [-0.2, -0.15) is 0 Å². The number of rotatable bonds is 2. The van der Waals surface area contributed by atoms with Crippen LogP contribution in [-0.2, 0) is 4.79 Å². The highest BCUT2D eigenvalue weighted by molar-refractivity contribution is 5.83. The quantitative estimate of drug-likeness (QED) is 0.692. The van der Waals surface area contributed by atoms with E-state index in [1.807, 2.05) is 0 Å². The van der Waals surface area contributed by atoms with E-state index in [0.29, 0.717) is 5.92 Å². The summed E-state index contributed by atoms with van der Waals surface area (Å²) in [6.07, 6.45) is 3.46. The lowest BCUT2D eigenvalue weighted by molar-refractivity contribution is -0.141. The Bertz CT molecular complexity index is 353. The molecule has 6 heteroatoms. The lowest BCUT2D eigenvalue weighted by Crippen LogP contribution is -2.49. The number of hydrogen-bond donors (Lipinski definition) is 3. The van der Waals surface area contributed by atoms with Crippen molar-refractivity contribution in [3.8, 4) is 0 Å². The van der Waals surface area contributed by atoms with Crippen LogP contribution in [0.5, 0.6) is 0 Å². The number of carboxylic acids is 1. The van der Waals surface area contributed by atoms with Crippen LogP contribution in [0.2, 0.25) is 0 Å². The van der Waals surface area contributed by atoms with Crippen LogP contribution < -0.4 is 5.32 Å². The maximum Gasteiger partial charge on any atom is 0.326 e. The van der Waals surface area contributed by atoms with Crippen molar-refractivity contribution < 1.29 is 19.8 Å². The second-order valence-corrected chi connectivity index (χ2v) is 5.80. The van der Waals surface area contributed by atoms with E-state index in [1.165, 1.54) is 4.90 Å². The van der Waals surface area contributed by atoms with E-state index in [9.17, 15) is 14.7 Å². The van der Waals surface area contributed by atoms with E-state index in [0.717, 1.165) is 25.7 Å². The minimum Gasteiger partial charge on any atom is -0.480 e. The van der Waals surface area contributed by atoms with Crippen LogP contribution in [0.1, 0.15) is 39.0 Å². The zero-order valence-corrected chi connectivity index (χ0v) is 11.2. The first-order valence-electron chi connectivity index (χ1n) is 6.95. The monoisotopic (exact) mass is 270 g/mol. The molecule has 0 aromatic carbocycles. The van der Waals surface area contributed by atoms with Crippen LogP contribution in [0.25, 0.3) is 0 Å². The summed E-state index contributed by atoms with van der Waals surface area (Å²) in [6, 6.07) is -1.13. The SMILES string of the molecule is CC1CCC(NC(=O)N2C[C@H](O)C[C@@H]2C(=O)O)CC1. The number of nitrogens with one attached hydrogen (secondary N) is 1. The van der Waals surface area contributed by atoms with Crippen molar-refractivity contribution in [2.75, 3.05) is 6.54 Å². The standard InChI is InChI=1S/C13H22N2O4/c1-8-2-4-9(5-3-8)14-13(19)15-7-10(16)6-11(15)12(17)18/h8-11,16H,2-7H2,1H3,(H,14,19)(H,17,18)/t8?,9?,10-,11-/m1/s1. The minimum atomic E-state index is -1.05. The zero-order chi connectivity index (χ0) is 14.0. The van der Waals surface area contributed by atoms with Gasteiger partial charge in [-0.05, 0) is 31.6 Å². The molecule has 2 aliphatic rings. The molecule has 1 saturated carbocycles. The fraction of sp³-hybridized carbons (Fsp3) is 0.846. The first-order valence-corrected chi connectivity index (χ1v) is 6.95. The van der Waals surface area contributed by atoms with Gasteiger partial charge in [0.2, 0.25) is 0 Å². The maximum absolute atomic E-state index is 12.1. The number of likely N-dealkylation sites (tertiary alicyclic amines) is 1. The molecule has 0 aromatic heterocycles. The summed E-state index contributed by atoms with van der Waals surface area (Å²) in [5.74, 6) is -0.350. The summed E-state index contributed by atoms with van der Waals surface area (Å²) in [4.78, 5) is 24.4. The van der Waals surface area contributed by atoms with Crippen LogP contribution in [0.3, 0.4) is 0 Å². The number of nitrogens with zero attached hydrogens (tertiary/aromatic N) is 1. The lowest BCUT2D eigenvalue weighted by atomic mass is 9.87. The van der Waals surface area contributed by atoms with Gasteiger partial charge in [-0.25, -0.2) is 9.59 Å². The van der Waals surface area contributed by atoms with E-state index in [4.69, 9.17) is 5.11 Å². The van der Waals surface area contributed by atoms with Crippen molar-refractivity contribution >= 4 is 12.0 Å². The van der Waals surface area contributed by atoms with Gasteiger partial charge in [0.05, 0.1) is 6.10 Å². The number of carboxylic acid groups (broad SMARTS) is 1. The van der Waals surface area contributed by atoms with Crippen LogP contribution >= 0.6 is 0 Å². The molecule has 1 heterocycles. The molecule has 0 aromatic rings. The van der Waals surface area contributed by atoms with Crippen LogP contribution in [0.4, 0.5) is 4.79 Å². The number of aliphatic hydroxyl groups is 1. The van der Waals surface area contributed by atoms with Crippen molar-refractivity contribution in [1.82, 2.24) is 10.2 Å². The molecule has 3 N–H and O–H groups in total. The second kappa shape index (κ2) is 5.77. The topological polar surface area (TPSA) is 89.9 Å². The highest BCUT2D eigenvalue weighted by Gasteiger charge is 2.39. The number of amides is 2. The molecule has 0 spiro atoms. The van der Waals surface area contributed by atoms with Gasteiger partial charge in [0.1, 0.15) is 6.04 Å². The Morgan fingerprint density at radius 1 is 1.21 bits per heavy atom. The molecule has 2 fully saturated rings. The van der Waals surface area contributed by atoms with Gasteiger partial charge < -0.3 is 20.4 Å². The molecule has 2 atom stereocenters.